The number of aliphatic hydroxyl groups is 1. The largest absolute Gasteiger partial charge is 0.489 e. The normalized spacial score (nSPS) is 13.6. The van der Waals surface area contributed by atoms with E-state index in [0.717, 1.165) is 36.1 Å². The van der Waals surface area contributed by atoms with E-state index in [1.165, 1.54) is 0 Å². The minimum Gasteiger partial charge on any atom is -0.489 e. The molecule has 0 bridgehead atoms. The van der Waals surface area contributed by atoms with E-state index in [1.807, 2.05) is 54.6 Å². The number of rotatable bonds is 8. The van der Waals surface area contributed by atoms with Gasteiger partial charge in [0.1, 0.15) is 12.4 Å². The molecule has 0 radical (unpaired) electrons. The van der Waals surface area contributed by atoms with Crippen LogP contribution in [0.2, 0.25) is 0 Å². The minimum absolute atomic E-state index is 0.268. The van der Waals surface area contributed by atoms with Crippen LogP contribution >= 0.6 is 0 Å². The molecule has 2 nitrogen and oxygen atoms in total. The second-order valence-corrected chi connectivity index (χ2v) is 5.91. The highest BCUT2D eigenvalue weighted by atomic mass is 16.5. The molecule has 2 heteroatoms. The molecule has 0 aliphatic heterocycles. The lowest BCUT2D eigenvalue weighted by molar-refractivity contribution is 0.111. The minimum atomic E-state index is -0.424. The van der Waals surface area contributed by atoms with Gasteiger partial charge in [-0.05, 0) is 35.6 Å². The first-order valence-corrected chi connectivity index (χ1v) is 8.15. The zero-order chi connectivity index (χ0) is 15.8. The maximum atomic E-state index is 10.5. The third kappa shape index (κ3) is 4.88. The summed E-state index contributed by atoms with van der Waals surface area (Å²) >= 11 is 0. The Hall–Kier alpha value is -1.80. The Morgan fingerprint density at radius 2 is 1.82 bits per heavy atom. The van der Waals surface area contributed by atoms with Crippen molar-refractivity contribution in [2.45, 2.75) is 45.8 Å². The molecular weight excluding hydrogens is 272 g/mol. The molecule has 0 fully saturated rings. The number of ether oxygens (including phenoxy) is 1. The fourth-order valence-corrected chi connectivity index (χ4v) is 2.54. The molecule has 0 aliphatic carbocycles. The van der Waals surface area contributed by atoms with Crippen molar-refractivity contribution in [2.75, 3.05) is 0 Å². The summed E-state index contributed by atoms with van der Waals surface area (Å²) in [7, 11) is 0. The molecule has 0 amide bonds. The highest BCUT2D eigenvalue weighted by molar-refractivity contribution is 5.30. The van der Waals surface area contributed by atoms with Crippen LogP contribution < -0.4 is 4.74 Å². The van der Waals surface area contributed by atoms with Gasteiger partial charge in [0.2, 0.25) is 0 Å². The van der Waals surface area contributed by atoms with Gasteiger partial charge in [0, 0.05) is 0 Å². The topological polar surface area (TPSA) is 29.5 Å². The van der Waals surface area contributed by atoms with Crippen molar-refractivity contribution in [3.8, 4) is 5.75 Å². The molecule has 0 saturated heterocycles. The maximum Gasteiger partial charge on any atom is 0.120 e. The summed E-state index contributed by atoms with van der Waals surface area (Å²) in [6.45, 7) is 4.83. The average Bonchev–Trinajstić information content (AvgIpc) is 2.58. The summed E-state index contributed by atoms with van der Waals surface area (Å²) in [5, 5.41) is 10.5. The SMILES string of the molecule is CCCC[C@@H](C)[C@@H](O)c1cccc(OCc2ccccc2)c1. The molecule has 1 N–H and O–H groups in total. The highest BCUT2D eigenvalue weighted by Crippen LogP contribution is 2.28. The predicted octanol–water partition coefficient (Wildman–Crippen LogP) is 5.13. The van der Waals surface area contributed by atoms with Gasteiger partial charge in [-0.2, -0.15) is 0 Å². The lowest BCUT2D eigenvalue weighted by Crippen LogP contribution is -2.09. The fourth-order valence-electron chi connectivity index (χ4n) is 2.54. The van der Waals surface area contributed by atoms with Crippen LogP contribution in [0.25, 0.3) is 0 Å². The lowest BCUT2D eigenvalue weighted by atomic mass is 9.93. The highest BCUT2D eigenvalue weighted by Gasteiger charge is 2.16. The van der Waals surface area contributed by atoms with Gasteiger partial charge in [-0.25, -0.2) is 0 Å². The van der Waals surface area contributed by atoms with Crippen molar-refractivity contribution < 1.29 is 9.84 Å². The van der Waals surface area contributed by atoms with Gasteiger partial charge in [0.25, 0.3) is 0 Å². The molecule has 118 valence electrons. The first-order valence-electron chi connectivity index (χ1n) is 8.15. The van der Waals surface area contributed by atoms with E-state index in [-0.39, 0.29) is 5.92 Å². The monoisotopic (exact) mass is 298 g/mol. The molecule has 2 atom stereocenters. The van der Waals surface area contributed by atoms with Crippen LogP contribution in [0.5, 0.6) is 5.75 Å². The standard InChI is InChI=1S/C20H26O2/c1-3-4-9-16(2)20(21)18-12-8-13-19(14-18)22-15-17-10-6-5-7-11-17/h5-8,10-14,16,20-21H,3-4,9,15H2,1-2H3/t16-,20-/m1/s1. The fraction of sp³-hybridized carbons (Fsp3) is 0.400. The van der Waals surface area contributed by atoms with Crippen LogP contribution in [0, 0.1) is 5.92 Å². The summed E-state index contributed by atoms with van der Waals surface area (Å²) in [4.78, 5) is 0. The Bertz CT molecular complexity index is 551. The van der Waals surface area contributed by atoms with Crippen molar-refractivity contribution in [2.24, 2.45) is 5.92 Å². The number of hydrogen-bond acceptors (Lipinski definition) is 2. The van der Waals surface area contributed by atoms with Crippen molar-refractivity contribution >= 4 is 0 Å². The Kier molecular flexibility index (Phi) is 6.47. The molecular formula is C20H26O2. The number of benzene rings is 2. The summed E-state index contributed by atoms with van der Waals surface area (Å²) < 4.78 is 5.83. The zero-order valence-electron chi connectivity index (χ0n) is 13.5. The molecule has 0 aliphatic rings. The average molecular weight is 298 g/mol. The molecule has 2 aromatic carbocycles. The van der Waals surface area contributed by atoms with Gasteiger partial charge in [0.15, 0.2) is 0 Å². The molecule has 2 aromatic rings. The maximum absolute atomic E-state index is 10.5. The molecule has 22 heavy (non-hydrogen) atoms. The van der Waals surface area contributed by atoms with Gasteiger partial charge >= 0.3 is 0 Å². The van der Waals surface area contributed by atoms with Gasteiger partial charge in [-0.3, -0.25) is 0 Å². The van der Waals surface area contributed by atoms with Gasteiger partial charge in [-0.1, -0.05) is 69.2 Å². The molecule has 0 saturated carbocycles. The molecule has 2 rings (SSSR count). The van der Waals surface area contributed by atoms with Gasteiger partial charge in [0.05, 0.1) is 6.10 Å². The predicted molar refractivity (Wildman–Crippen MR) is 90.9 cm³/mol. The van der Waals surface area contributed by atoms with Gasteiger partial charge in [-0.15, -0.1) is 0 Å². The summed E-state index contributed by atoms with van der Waals surface area (Å²) in [5.74, 6) is 1.08. The van der Waals surface area contributed by atoms with Crippen LogP contribution in [-0.2, 0) is 6.61 Å². The van der Waals surface area contributed by atoms with Crippen molar-refractivity contribution in [3.63, 3.8) is 0 Å². The second-order valence-electron chi connectivity index (χ2n) is 5.91. The quantitative estimate of drug-likeness (QED) is 0.732. The Labute approximate surface area is 133 Å². The third-order valence-corrected chi connectivity index (χ3v) is 4.00. The second kappa shape index (κ2) is 8.60. The number of aliphatic hydroxyl groups excluding tert-OH is 1. The van der Waals surface area contributed by atoms with Crippen molar-refractivity contribution in [3.05, 3.63) is 65.7 Å². The third-order valence-electron chi connectivity index (χ3n) is 4.00. The molecule has 0 heterocycles. The Balaban J connectivity index is 1.97. The van der Waals surface area contributed by atoms with Crippen molar-refractivity contribution in [1.82, 2.24) is 0 Å². The Morgan fingerprint density at radius 1 is 1.05 bits per heavy atom. The molecule has 0 aromatic heterocycles. The summed E-state index contributed by atoms with van der Waals surface area (Å²) in [6, 6.07) is 17.9. The smallest absolute Gasteiger partial charge is 0.120 e. The van der Waals surface area contributed by atoms with Crippen LogP contribution in [0.3, 0.4) is 0 Å². The molecule has 0 spiro atoms. The first-order chi connectivity index (χ1) is 10.7. The molecule has 0 unspecified atom stereocenters. The number of unbranched alkanes of at least 4 members (excludes halogenated alkanes) is 1. The van der Waals surface area contributed by atoms with Crippen LogP contribution in [-0.4, -0.2) is 5.11 Å². The van der Waals surface area contributed by atoms with E-state index in [4.69, 9.17) is 4.74 Å². The van der Waals surface area contributed by atoms with E-state index in [0.29, 0.717) is 6.61 Å². The van der Waals surface area contributed by atoms with E-state index in [9.17, 15) is 5.11 Å². The van der Waals surface area contributed by atoms with Crippen LogP contribution in [0.1, 0.15) is 50.3 Å². The van der Waals surface area contributed by atoms with Crippen LogP contribution in [0.15, 0.2) is 54.6 Å². The van der Waals surface area contributed by atoms with E-state index in [1.54, 1.807) is 0 Å². The number of hydrogen-bond donors (Lipinski definition) is 1. The zero-order valence-corrected chi connectivity index (χ0v) is 13.5. The first kappa shape index (κ1) is 16.6. The summed E-state index contributed by atoms with van der Waals surface area (Å²) in [6.07, 6.45) is 2.94. The van der Waals surface area contributed by atoms with E-state index in [2.05, 4.69) is 13.8 Å². The van der Waals surface area contributed by atoms with Crippen LogP contribution in [0.4, 0.5) is 0 Å². The van der Waals surface area contributed by atoms with E-state index >= 15 is 0 Å². The lowest BCUT2D eigenvalue weighted by Gasteiger charge is -2.19. The summed E-state index contributed by atoms with van der Waals surface area (Å²) in [5.41, 5.74) is 2.08. The van der Waals surface area contributed by atoms with E-state index < -0.39 is 6.10 Å². The van der Waals surface area contributed by atoms with Gasteiger partial charge < -0.3 is 9.84 Å². The van der Waals surface area contributed by atoms with Crippen molar-refractivity contribution in [1.29, 1.82) is 0 Å². The Morgan fingerprint density at radius 3 is 2.55 bits per heavy atom.